The minimum Gasteiger partial charge on any atom is -0.479 e. The first-order chi connectivity index (χ1) is 44.5. The fourth-order valence-electron chi connectivity index (χ4n) is 18.8. The van der Waals surface area contributed by atoms with Crippen molar-refractivity contribution in [1.82, 2.24) is 0 Å². The number of hydrogen-bond donors (Lipinski definition) is 17. The summed E-state index contributed by atoms with van der Waals surface area (Å²) in [4.78, 5) is 26.9. The molecule has 17 N–H and O–H groups in total. The van der Waals surface area contributed by atoms with E-state index in [2.05, 4.69) is 40.7 Å². The second-order valence-electron chi connectivity index (χ2n) is 30.7. The number of aliphatic hydroxyl groups is 16. The molecule has 5 saturated heterocycles. The maximum atomic E-state index is 13.5. The van der Waals surface area contributed by atoms with Crippen LogP contribution >= 0.6 is 0 Å². The molecule has 544 valence electrons. The van der Waals surface area contributed by atoms with Crippen molar-refractivity contribution in [3.05, 3.63) is 23.3 Å². The Hall–Kier alpha value is -2.62. The molecule has 0 aromatic rings. The molecule has 5 aliphatic heterocycles. The molecule has 5 heterocycles. The van der Waals surface area contributed by atoms with E-state index in [1.807, 2.05) is 13.8 Å². The van der Waals surface area contributed by atoms with E-state index in [-0.39, 0.29) is 23.2 Å². The fourth-order valence-corrected chi connectivity index (χ4v) is 18.8. The maximum Gasteiger partial charge on any atom is 0.335 e. The Morgan fingerprint density at radius 2 is 1.05 bits per heavy atom. The molecule has 0 aromatic carbocycles. The van der Waals surface area contributed by atoms with Crippen molar-refractivity contribution < 1.29 is 149 Å². The van der Waals surface area contributed by atoms with E-state index in [0.29, 0.717) is 56.9 Å². The molecule has 0 aromatic heterocycles. The molecule has 0 bridgehead atoms. The summed E-state index contributed by atoms with van der Waals surface area (Å²) in [5, 5.41) is 190. The predicted molar refractivity (Wildman–Crippen MR) is 321 cm³/mol. The number of rotatable bonds is 17. The topological polar surface area (TPSA) is 480 Å². The zero-order valence-electron chi connectivity index (χ0n) is 55.4. The van der Waals surface area contributed by atoms with Gasteiger partial charge in [-0.15, -0.1) is 0 Å². The van der Waals surface area contributed by atoms with Gasteiger partial charge in [0, 0.05) is 5.57 Å². The number of carboxylic acids is 1. The Morgan fingerprint density at radius 1 is 0.547 bits per heavy atom. The van der Waals surface area contributed by atoms with Gasteiger partial charge < -0.3 is 139 Å². The molecular formula is C65H104O30. The van der Waals surface area contributed by atoms with Crippen molar-refractivity contribution in [2.45, 2.75) is 292 Å². The Morgan fingerprint density at radius 3 is 1.60 bits per heavy atom. The number of fused-ring (bicyclic) bond motifs is 7. The summed E-state index contributed by atoms with van der Waals surface area (Å²) in [6, 6.07) is 0. The summed E-state index contributed by atoms with van der Waals surface area (Å²) < 4.78 is 67.8. The summed E-state index contributed by atoms with van der Waals surface area (Å²) >= 11 is 0. The Bertz CT molecular complexity index is 2750. The molecule has 30 nitrogen and oxygen atoms in total. The number of carbonyl (C=O) groups excluding carboxylic acids is 1. The SMILES string of the molecule is C/C=C(/C)C(=O)O[C@H]1CC(C)(C)C[C@@H]2C3=CC[C@@H]4[C@@]5(C)CC[C@H](O[C@@H]6O[C@H](C(=O)O)[C@@H](O)[C@H](O[C@@H]7O[C@H](CO)[C@H](O)[C@H](O)[C@H]7O[C@@H]7O[C@@H](C)[C@H](O)[C@@H](O)[C@H]7O[C@@H]7O[C@H](CO)[C@@H](O)[C@H](O)[C@H]7O)[C@H]6O[C@@H]6O[C@H](CO)[C@@H](O)[C@H](O)[C@H]6O)C(C)(C)C5CC[C@@]4(C)[C@]3(C)C[C@@H](O)[C@@]12CO. The highest BCUT2D eigenvalue weighted by Gasteiger charge is 2.72. The van der Waals surface area contributed by atoms with Gasteiger partial charge >= 0.3 is 11.9 Å². The third-order valence-electron chi connectivity index (χ3n) is 24.6. The summed E-state index contributed by atoms with van der Waals surface area (Å²) in [5.41, 5.74) is -2.23. The summed E-state index contributed by atoms with van der Waals surface area (Å²) in [5.74, 6) is -2.73. The minimum atomic E-state index is -2.36. The molecule has 0 radical (unpaired) electrons. The van der Waals surface area contributed by atoms with Gasteiger partial charge in [0.2, 0.25) is 0 Å². The van der Waals surface area contributed by atoms with Crippen LogP contribution in [0.5, 0.6) is 0 Å². The van der Waals surface area contributed by atoms with E-state index >= 15 is 0 Å². The second-order valence-corrected chi connectivity index (χ2v) is 30.7. The quantitative estimate of drug-likeness (QED) is 0.0296. The van der Waals surface area contributed by atoms with Crippen LogP contribution in [-0.4, -0.2) is 297 Å². The van der Waals surface area contributed by atoms with Crippen LogP contribution in [0.2, 0.25) is 0 Å². The van der Waals surface area contributed by atoms with Gasteiger partial charge in [0.05, 0.1) is 50.2 Å². The second kappa shape index (κ2) is 28.0. The van der Waals surface area contributed by atoms with Gasteiger partial charge in [0.25, 0.3) is 0 Å². The molecule has 1 unspecified atom stereocenters. The molecule has 0 spiro atoms. The van der Waals surface area contributed by atoms with Crippen molar-refractivity contribution in [1.29, 1.82) is 0 Å². The van der Waals surface area contributed by atoms with Crippen molar-refractivity contribution in [2.75, 3.05) is 26.4 Å². The molecular weight excluding hydrogens is 1260 g/mol. The molecule has 5 aliphatic carbocycles. The van der Waals surface area contributed by atoms with Crippen LogP contribution in [0.15, 0.2) is 23.3 Å². The van der Waals surface area contributed by atoms with Crippen LogP contribution in [0.3, 0.4) is 0 Å². The van der Waals surface area contributed by atoms with E-state index in [1.54, 1.807) is 19.9 Å². The highest BCUT2D eigenvalue weighted by molar-refractivity contribution is 5.87. The number of hydrogen-bond acceptors (Lipinski definition) is 29. The minimum absolute atomic E-state index is 0.00373. The van der Waals surface area contributed by atoms with Crippen molar-refractivity contribution >= 4 is 11.9 Å². The number of allylic oxidation sites excluding steroid dienone is 3. The summed E-state index contributed by atoms with van der Waals surface area (Å²) in [7, 11) is 0. The Balaban J connectivity index is 0.976. The van der Waals surface area contributed by atoms with Crippen LogP contribution in [0.25, 0.3) is 0 Å². The van der Waals surface area contributed by atoms with Crippen LogP contribution in [0.1, 0.15) is 121 Å². The van der Waals surface area contributed by atoms with Crippen LogP contribution < -0.4 is 0 Å². The lowest BCUT2D eigenvalue weighted by Crippen LogP contribution is -2.70. The number of carbonyl (C=O) groups is 2. The largest absolute Gasteiger partial charge is 0.479 e. The molecule has 4 saturated carbocycles. The van der Waals surface area contributed by atoms with Gasteiger partial charge in [-0.05, 0) is 117 Å². The fraction of sp³-hybridized carbons (Fsp3) is 0.908. The average molecular weight is 1370 g/mol. The van der Waals surface area contributed by atoms with Crippen LogP contribution in [0, 0.1) is 50.2 Å². The van der Waals surface area contributed by atoms with E-state index in [4.69, 9.17) is 52.1 Å². The van der Waals surface area contributed by atoms with Gasteiger partial charge in [-0.25, -0.2) is 9.59 Å². The molecule has 0 amide bonds. The molecule has 30 heteroatoms. The van der Waals surface area contributed by atoms with Crippen LogP contribution in [0.4, 0.5) is 0 Å². The van der Waals surface area contributed by atoms with Crippen LogP contribution in [-0.2, 0) is 61.7 Å². The zero-order chi connectivity index (χ0) is 69.9. The Kier molecular flexibility index (Phi) is 22.1. The maximum absolute atomic E-state index is 13.5. The van der Waals surface area contributed by atoms with Crippen molar-refractivity contribution in [3.8, 4) is 0 Å². The highest BCUT2D eigenvalue weighted by Crippen LogP contribution is 2.76. The summed E-state index contributed by atoms with van der Waals surface area (Å²) in [6.45, 7) is 16.6. The number of aliphatic carboxylic acids is 1. The predicted octanol–water partition coefficient (Wildman–Crippen LogP) is -3.16. The molecule has 10 rings (SSSR count). The summed E-state index contributed by atoms with van der Waals surface area (Å²) in [6.07, 6.45) is -43.9. The van der Waals surface area contributed by atoms with E-state index in [0.717, 1.165) is 5.57 Å². The number of aliphatic hydroxyl groups excluding tert-OH is 16. The smallest absolute Gasteiger partial charge is 0.335 e. The standard InChI is InChI=1S/C65H104O30/c1-11-25(2)54(84)89-36-20-60(4,5)18-28-27-12-13-33-62(8)16-15-35(61(6,7)32(62)14-17-63(33,9)64(27,10)19-34(70)65(28,36)24-69)90-59-52(95-56-46(80)42(76)39(73)30(22-67)87-56)48(47(81)49(92-59)53(82)83)91-58-51(44(78)40(74)31(23-68)88-58)94-57-50(43(77)37(71)26(3)85-57)93-55-45(79)41(75)38(72)29(21-66)86-55/h11-12,26,28-52,55-59,66-81H,13-24H2,1-10H3,(H,82,83)/b25-11-/t26-,28+,29+,30+,31+,32?,33+,34+,35-,36-,37-,38+,39+,40-,41-,42-,43+,44-,45+,46+,47-,48-,49-,50+,51+,52+,55-,56-,57-,58-,59+,62-,63+,64+,65-/m0/s1. The van der Waals surface area contributed by atoms with Gasteiger partial charge in [-0.3, -0.25) is 0 Å². The normalized spacial score (nSPS) is 52.2. The van der Waals surface area contributed by atoms with E-state index in [9.17, 15) is 96.4 Å². The number of carboxylic acid groups (broad SMARTS) is 1. The number of esters is 1. The first-order valence-corrected chi connectivity index (χ1v) is 33.4. The van der Waals surface area contributed by atoms with Crippen molar-refractivity contribution in [3.63, 3.8) is 0 Å². The Labute approximate surface area is 551 Å². The lowest BCUT2D eigenvalue weighted by atomic mass is 9.33. The first-order valence-electron chi connectivity index (χ1n) is 33.4. The van der Waals surface area contributed by atoms with Gasteiger partial charge in [0.15, 0.2) is 37.6 Å². The first kappa shape index (κ1) is 75.1. The van der Waals surface area contributed by atoms with Gasteiger partial charge in [-0.1, -0.05) is 66.2 Å². The highest BCUT2D eigenvalue weighted by atomic mass is 16.8. The number of ether oxygens (including phenoxy) is 11. The molecule has 35 atom stereocenters. The molecule has 95 heavy (non-hydrogen) atoms. The average Bonchev–Trinajstić information content (AvgIpc) is 0.672. The monoisotopic (exact) mass is 1360 g/mol. The van der Waals surface area contributed by atoms with Crippen molar-refractivity contribution in [2.24, 2.45) is 50.2 Å². The zero-order valence-corrected chi connectivity index (χ0v) is 55.4. The lowest BCUT2D eigenvalue weighted by molar-refractivity contribution is -0.412. The molecule has 10 aliphatic rings. The lowest BCUT2D eigenvalue weighted by Gasteiger charge is -2.72. The van der Waals surface area contributed by atoms with E-state index in [1.165, 1.54) is 6.92 Å². The third kappa shape index (κ3) is 12.7. The van der Waals surface area contributed by atoms with E-state index < -0.39 is 237 Å². The van der Waals surface area contributed by atoms with Gasteiger partial charge in [0.1, 0.15) is 116 Å². The third-order valence-corrected chi connectivity index (χ3v) is 24.6. The van der Waals surface area contributed by atoms with Gasteiger partial charge in [-0.2, -0.15) is 0 Å². The molecule has 9 fully saturated rings.